The van der Waals surface area contributed by atoms with Crippen molar-refractivity contribution >= 4 is 6.08 Å². The monoisotopic (exact) mass is 186 g/mol. The van der Waals surface area contributed by atoms with Gasteiger partial charge in [-0.25, -0.2) is 11.0 Å². The molecule has 0 fully saturated rings. The molecule has 0 aliphatic rings. The van der Waals surface area contributed by atoms with Crippen LogP contribution in [0.15, 0.2) is 29.8 Å². The van der Waals surface area contributed by atoms with Gasteiger partial charge in [0.1, 0.15) is 17.5 Å². The molecule has 0 N–H and O–H groups in total. The molecule has 1 aromatic carbocycles. The van der Waals surface area contributed by atoms with Crippen molar-refractivity contribution in [1.82, 2.24) is 0 Å². The van der Waals surface area contributed by atoms with Gasteiger partial charge >= 0.3 is 0 Å². The van der Waals surface area contributed by atoms with Crippen molar-refractivity contribution in [2.24, 2.45) is 0 Å². The Morgan fingerprint density at radius 2 is 2.14 bits per heavy atom. The first kappa shape index (κ1) is 9.95. The Morgan fingerprint density at radius 3 is 2.64 bits per heavy atom. The van der Waals surface area contributed by atoms with Crippen molar-refractivity contribution in [3.05, 3.63) is 52.6 Å². The van der Waals surface area contributed by atoms with Gasteiger partial charge in [0, 0.05) is 0 Å². The zero-order valence-electron chi connectivity index (χ0n) is 7.37. The molecule has 2 nitrogen and oxygen atoms in total. The first-order valence-electron chi connectivity index (χ1n) is 3.95. The summed E-state index contributed by atoms with van der Waals surface area (Å²) >= 11 is 0. The quantitative estimate of drug-likeness (QED) is 0.515. The van der Waals surface area contributed by atoms with Crippen LogP contribution in [0.4, 0.5) is 4.39 Å². The van der Waals surface area contributed by atoms with Gasteiger partial charge in [-0.1, -0.05) is 12.1 Å². The number of benzene rings is 1. The molecule has 0 aliphatic heterocycles. The van der Waals surface area contributed by atoms with Crippen LogP contribution in [0.1, 0.15) is 5.56 Å². The van der Waals surface area contributed by atoms with Crippen LogP contribution in [-0.2, 0) is 0 Å². The summed E-state index contributed by atoms with van der Waals surface area (Å²) in [6.07, 6.45) is 1.58. The summed E-state index contributed by atoms with van der Waals surface area (Å²) < 4.78 is 12.5. The fraction of sp³-hybridized carbons (Fsp3) is 0.0909. The first-order chi connectivity index (χ1) is 6.76. The SMILES string of the molecule is [C-]#[N+]C/C(C#N)=C/c1ccc(F)cc1. The van der Waals surface area contributed by atoms with E-state index in [1.165, 1.54) is 12.1 Å². The lowest BCUT2D eigenvalue weighted by molar-refractivity contribution is 0.628. The van der Waals surface area contributed by atoms with E-state index in [0.29, 0.717) is 5.57 Å². The minimum absolute atomic E-state index is 0.0634. The van der Waals surface area contributed by atoms with E-state index in [2.05, 4.69) is 4.85 Å². The van der Waals surface area contributed by atoms with E-state index in [9.17, 15) is 4.39 Å². The third-order valence-electron chi connectivity index (χ3n) is 1.60. The van der Waals surface area contributed by atoms with E-state index in [1.54, 1.807) is 18.2 Å². The fourth-order valence-electron chi connectivity index (χ4n) is 0.959. The summed E-state index contributed by atoms with van der Waals surface area (Å²) in [5, 5.41) is 8.64. The van der Waals surface area contributed by atoms with Crippen molar-refractivity contribution < 1.29 is 4.39 Å². The molecular formula is C11H7FN2. The number of halogens is 1. The zero-order chi connectivity index (χ0) is 10.4. The maximum Gasteiger partial charge on any atom is 0.249 e. The number of rotatable bonds is 2. The van der Waals surface area contributed by atoms with Gasteiger partial charge in [-0.15, -0.1) is 0 Å². The summed E-state index contributed by atoms with van der Waals surface area (Å²) in [5.74, 6) is -0.314. The van der Waals surface area contributed by atoms with Crippen LogP contribution in [0.2, 0.25) is 0 Å². The summed E-state index contributed by atoms with van der Waals surface area (Å²) in [6.45, 7) is 6.67. The molecule has 1 aromatic rings. The first-order valence-corrected chi connectivity index (χ1v) is 3.95. The molecule has 14 heavy (non-hydrogen) atoms. The topological polar surface area (TPSA) is 28.1 Å². The third-order valence-corrected chi connectivity index (χ3v) is 1.60. The second-order valence-electron chi connectivity index (χ2n) is 2.65. The third kappa shape index (κ3) is 2.73. The zero-order valence-corrected chi connectivity index (χ0v) is 7.37. The lowest BCUT2D eigenvalue weighted by Gasteiger charge is -1.92. The molecule has 0 bridgehead atoms. The van der Waals surface area contributed by atoms with Crippen LogP contribution in [0.3, 0.4) is 0 Å². The van der Waals surface area contributed by atoms with Crippen LogP contribution >= 0.6 is 0 Å². The molecule has 1 rings (SSSR count). The molecule has 0 aliphatic carbocycles. The normalized spacial score (nSPS) is 10.4. The summed E-state index contributed by atoms with van der Waals surface area (Å²) in [4.78, 5) is 3.11. The van der Waals surface area contributed by atoms with Crippen molar-refractivity contribution in [2.45, 2.75) is 0 Å². The standard InChI is InChI=1S/C11H7FN2/c1-14-8-10(7-13)6-9-2-4-11(12)5-3-9/h2-6H,8H2/b10-6+. The molecule has 0 saturated carbocycles. The van der Waals surface area contributed by atoms with Crippen LogP contribution in [-0.4, -0.2) is 6.54 Å². The highest BCUT2D eigenvalue weighted by atomic mass is 19.1. The lowest BCUT2D eigenvalue weighted by Crippen LogP contribution is -1.83. The van der Waals surface area contributed by atoms with E-state index in [-0.39, 0.29) is 12.4 Å². The van der Waals surface area contributed by atoms with Gasteiger partial charge in [0.15, 0.2) is 0 Å². The molecule has 0 amide bonds. The molecule has 3 heteroatoms. The summed E-state index contributed by atoms with van der Waals surface area (Å²) in [6, 6.07) is 7.69. The molecule has 0 saturated heterocycles. The highest BCUT2D eigenvalue weighted by Gasteiger charge is 1.98. The van der Waals surface area contributed by atoms with E-state index < -0.39 is 0 Å². The van der Waals surface area contributed by atoms with E-state index in [4.69, 9.17) is 11.8 Å². The van der Waals surface area contributed by atoms with Gasteiger partial charge in [-0.05, 0) is 23.8 Å². The second kappa shape index (κ2) is 4.79. The highest BCUT2D eigenvalue weighted by Crippen LogP contribution is 2.08. The van der Waals surface area contributed by atoms with Gasteiger partial charge in [0.05, 0.1) is 0 Å². The van der Waals surface area contributed by atoms with Crippen molar-refractivity contribution in [3.63, 3.8) is 0 Å². The second-order valence-corrected chi connectivity index (χ2v) is 2.65. The molecule has 0 spiro atoms. The average Bonchev–Trinajstić information content (AvgIpc) is 2.20. The Bertz CT molecular complexity index is 418. The molecule has 0 radical (unpaired) electrons. The minimum atomic E-state index is -0.314. The molecule has 0 unspecified atom stereocenters. The molecule has 68 valence electrons. The predicted molar refractivity (Wildman–Crippen MR) is 51.5 cm³/mol. The Kier molecular flexibility index (Phi) is 3.41. The number of hydrogen-bond acceptors (Lipinski definition) is 1. The molecule has 0 aromatic heterocycles. The van der Waals surface area contributed by atoms with Crippen LogP contribution in [0, 0.1) is 23.7 Å². The van der Waals surface area contributed by atoms with Crippen LogP contribution in [0.5, 0.6) is 0 Å². The molecule has 0 atom stereocenters. The van der Waals surface area contributed by atoms with E-state index in [1.807, 2.05) is 6.07 Å². The smallest absolute Gasteiger partial charge is 0.249 e. The van der Waals surface area contributed by atoms with E-state index >= 15 is 0 Å². The van der Waals surface area contributed by atoms with E-state index in [0.717, 1.165) is 5.56 Å². The van der Waals surface area contributed by atoms with Gasteiger partial charge in [0.2, 0.25) is 6.54 Å². The van der Waals surface area contributed by atoms with Crippen molar-refractivity contribution in [2.75, 3.05) is 6.54 Å². The van der Waals surface area contributed by atoms with Crippen molar-refractivity contribution in [1.29, 1.82) is 5.26 Å². The fourth-order valence-corrected chi connectivity index (χ4v) is 0.959. The molecule has 0 heterocycles. The molecular weight excluding hydrogens is 179 g/mol. The minimum Gasteiger partial charge on any atom is -0.311 e. The Balaban J connectivity index is 2.92. The predicted octanol–water partition coefficient (Wildman–Crippen LogP) is 2.65. The Labute approximate surface area is 81.7 Å². The number of nitrogens with zero attached hydrogens (tertiary/aromatic N) is 2. The number of hydrogen-bond donors (Lipinski definition) is 0. The van der Waals surface area contributed by atoms with Crippen molar-refractivity contribution in [3.8, 4) is 6.07 Å². The van der Waals surface area contributed by atoms with Crippen LogP contribution < -0.4 is 0 Å². The highest BCUT2D eigenvalue weighted by molar-refractivity contribution is 5.57. The maximum absolute atomic E-state index is 12.5. The Hall–Kier alpha value is -2.13. The van der Waals surface area contributed by atoms with Gasteiger partial charge in [0.25, 0.3) is 0 Å². The average molecular weight is 186 g/mol. The van der Waals surface area contributed by atoms with Gasteiger partial charge in [-0.2, -0.15) is 5.26 Å². The maximum atomic E-state index is 12.5. The van der Waals surface area contributed by atoms with Gasteiger partial charge in [-0.3, -0.25) is 0 Å². The lowest BCUT2D eigenvalue weighted by atomic mass is 10.1. The number of nitriles is 1. The van der Waals surface area contributed by atoms with Gasteiger partial charge < -0.3 is 4.85 Å². The van der Waals surface area contributed by atoms with Crippen LogP contribution in [0.25, 0.3) is 10.9 Å². The largest absolute Gasteiger partial charge is 0.311 e. The summed E-state index contributed by atoms with van der Waals surface area (Å²) in [5.41, 5.74) is 1.11. The summed E-state index contributed by atoms with van der Waals surface area (Å²) in [7, 11) is 0. The Morgan fingerprint density at radius 1 is 1.50 bits per heavy atom.